The molecule has 8 amide bonds. The lowest BCUT2D eigenvalue weighted by Crippen LogP contribution is -2.42. The number of nitrogens with zero attached hydrogens (tertiary/aromatic N) is 12. The molecule has 0 spiro atoms. The maximum Gasteiger partial charge on any atom is 0.261 e. The number of imide groups is 4. The first-order chi connectivity index (χ1) is 58.7. The van der Waals surface area contributed by atoms with Gasteiger partial charge in [0.1, 0.15) is 44.1 Å². The topological polar surface area (TPSA) is 253 Å². The van der Waals surface area contributed by atoms with Crippen molar-refractivity contribution in [3.63, 3.8) is 0 Å². The minimum Gasteiger partial charge on any atom is -0.274 e. The Morgan fingerprint density at radius 1 is 0.215 bits per heavy atom. The average molecular weight is 1590 g/mol. The normalized spacial score (nSPS) is 14.8. The third kappa shape index (κ3) is 8.95. The van der Waals surface area contributed by atoms with Crippen LogP contribution in [0.1, 0.15) is 138 Å². The number of fused-ring (bicyclic) bond motifs is 16. The summed E-state index contributed by atoms with van der Waals surface area (Å²) in [6.07, 6.45) is 0. The molecule has 0 fully saturated rings. The van der Waals surface area contributed by atoms with E-state index >= 15 is 0 Å². The first kappa shape index (κ1) is 69.4. The molecule has 4 aliphatic carbocycles. The van der Waals surface area contributed by atoms with Crippen LogP contribution in [0.15, 0.2) is 170 Å². The predicted molar refractivity (Wildman–Crippen MR) is 467 cm³/mol. The summed E-state index contributed by atoms with van der Waals surface area (Å²) in [7, 11) is 0. The summed E-state index contributed by atoms with van der Waals surface area (Å²) in [5.41, 5.74) is 20.9. The molecule has 9 heterocycles. The van der Waals surface area contributed by atoms with Crippen molar-refractivity contribution in [3.05, 3.63) is 214 Å². The standard InChI is InChI=1S/C100H64N12O8S/c1-41(2)37-109-93(113)55-27-19-47-67-51(23-31-59(71(55)67)97(109)117)81-77(47)101-85-65(45-15-11-9-12-16-45)86-90(106-82-52-24-32-60-72-56(28-20-48(68(52)72)78(82)102-86)94(114)110(98(60)118)38-42(3)4)75(89(85)105-81)63-35-36-64(121-63)76-91-87(103-79-49-21-29-57-73-61(33-25-53(69(49)73)83(79)107-91)99(119)111(95(57)115)39-43(5)6)66(46-17-13-10-14-18-46)88-92(76)108-84-54-26-34-62-74-58(30-22-50(70(54)74)80(84)104-88)96(116)112(100(62)120)40-44(7)8/h9-36,41-44H,37-40H2,1-8H3. The van der Waals surface area contributed by atoms with E-state index in [4.69, 9.17) is 39.9 Å². The fraction of sp³-hybridized carbons (Fsp3) is 0.160. The number of carbonyl (C=O) groups excluding carboxylic acids is 8. The van der Waals surface area contributed by atoms with Crippen molar-refractivity contribution in [1.29, 1.82) is 0 Å². The lowest BCUT2D eigenvalue weighted by molar-refractivity contribution is 0.0577. The summed E-state index contributed by atoms with van der Waals surface area (Å²) in [4.78, 5) is 171. The molecular formula is C100H64N12O8S. The average Bonchev–Trinajstić information content (AvgIpc) is 1.55. The zero-order valence-corrected chi connectivity index (χ0v) is 67.2. The van der Waals surface area contributed by atoms with Gasteiger partial charge in [-0.3, -0.25) is 58.0 Å². The van der Waals surface area contributed by atoms with Crippen LogP contribution in [0.3, 0.4) is 0 Å². The van der Waals surface area contributed by atoms with E-state index in [0.717, 1.165) is 11.1 Å². The fourth-order valence-corrected chi connectivity index (χ4v) is 21.7. The minimum atomic E-state index is -0.367. The van der Waals surface area contributed by atoms with Gasteiger partial charge in [0.25, 0.3) is 47.3 Å². The number of thiophene rings is 1. The van der Waals surface area contributed by atoms with Crippen molar-refractivity contribution in [1.82, 2.24) is 59.5 Å². The predicted octanol–water partition coefficient (Wildman–Crippen LogP) is 20.4. The highest BCUT2D eigenvalue weighted by Gasteiger charge is 2.45. The number of hydrogen-bond donors (Lipinski definition) is 0. The van der Waals surface area contributed by atoms with Gasteiger partial charge in [-0.15, -0.1) is 11.3 Å². The number of hydrogen-bond acceptors (Lipinski definition) is 17. The summed E-state index contributed by atoms with van der Waals surface area (Å²) >= 11 is 1.45. The molecule has 121 heavy (non-hydrogen) atoms. The summed E-state index contributed by atoms with van der Waals surface area (Å²) in [6, 6.07) is 53.8. The van der Waals surface area contributed by atoms with Crippen LogP contribution in [0.2, 0.25) is 0 Å². The van der Waals surface area contributed by atoms with Crippen LogP contribution in [0.5, 0.6) is 0 Å². The lowest BCUT2D eigenvalue weighted by Gasteiger charge is -2.28. The quantitative estimate of drug-likeness (QED) is 0.0814. The summed E-state index contributed by atoms with van der Waals surface area (Å²) < 4.78 is 0. The molecule has 12 aromatic carbocycles. The van der Waals surface area contributed by atoms with Gasteiger partial charge in [0, 0.05) is 190 Å². The Labute approximate surface area is 692 Å². The van der Waals surface area contributed by atoms with E-state index in [0.29, 0.717) is 254 Å². The summed E-state index contributed by atoms with van der Waals surface area (Å²) in [5, 5.41) is 4.98. The van der Waals surface area contributed by atoms with E-state index in [-0.39, 0.29) is 97.1 Å². The van der Waals surface area contributed by atoms with Crippen LogP contribution in [0, 0.1) is 23.7 Å². The highest BCUT2D eigenvalue weighted by Crippen LogP contribution is 2.59. The molecule has 0 atom stereocenters. The SMILES string of the molecule is CC(C)CN1C(=O)c2ccc3c4c(ccc(c24)C1=O)-c1nc2c(-c4ccc(-c5c6nc7c(nc6c(-c6ccccc6)c6nc8c(nc56)-c5ccc6c9c(ccc-8c59)C(=O)N(CC(C)C)C6=O)-c5ccc6c8c(ccc-7c58)C(=O)N(CC(C)C)C6=O)s4)c4nc5c(nc4c(-c4ccccc4)c2nc1-3)-c1ccc2c3c(ccc-5c13)C(=O)N(CC(C)C)C2=O. The van der Waals surface area contributed by atoms with Crippen LogP contribution >= 0.6 is 11.3 Å². The van der Waals surface area contributed by atoms with Crippen LogP contribution in [0.4, 0.5) is 0 Å². The van der Waals surface area contributed by atoms with Crippen LogP contribution in [-0.4, -0.2) is 133 Å². The van der Waals surface area contributed by atoms with Gasteiger partial charge in [-0.1, -0.05) is 165 Å². The molecule has 20 nitrogen and oxygen atoms in total. The molecule has 21 heteroatoms. The van der Waals surface area contributed by atoms with Gasteiger partial charge in [-0.25, -0.2) is 39.9 Å². The van der Waals surface area contributed by atoms with Gasteiger partial charge in [0.15, 0.2) is 0 Å². The first-order valence-electron chi connectivity index (χ1n) is 40.9. The Kier molecular flexibility index (Phi) is 13.8. The summed E-state index contributed by atoms with van der Waals surface area (Å²) in [5.74, 6) is -2.86. The zero-order chi connectivity index (χ0) is 81.9. The molecule has 8 aliphatic rings. The zero-order valence-electron chi connectivity index (χ0n) is 66.3. The Hall–Kier alpha value is -14.7. The number of aromatic nitrogens is 8. The second-order valence-corrected chi connectivity index (χ2v) is 35.7. The Bertz CT molecular complexity index is 7110. The molecule has 17 aromatic rings. The monoisotopic (exact) mass is 1590 g/mol. The van der Waals surface area contributed by atoms with Gasteiger partial charge >= 0.3 is 0 Å². The van der Waals surface area contributed by atoms with E-state index in [1.807, 2.05) is 177 Å². The number of benzene rings is 12. The first-order valence-corrected chi connectivity index (χ1v) is 41.8. The molecule has 0 saturated heterocycles. The van der Waals surface area contributed by atoms with Crippen LogP contribution in [0.25, 0.3) is 220 Å². The van der Waals surface area contributed by atoms with E-state index in [9.17, 15) is 38.4 Å². The molecular weight excluding hydrogens is 1530 g/mol. The molecule has 0 saturated carbocycles. The van der Waals surface area contributed by atoms with Gasteiger partial charge in [0.2, 0.25) is 0 Å². The number of rotatable bonds is 12. The Balaban J connectivity index is 0.785. The highest BCUT2D eigenvalue weighted by molar-refractivity contribution is 7.19. The largest absolute Gasteiger partial charge is 0.274 e. The molecule has 0 radical (unpaired) electrons. The molecule has 4 aliphatic heterocycles. The van der Waals surface area contributed by atoms with Gasteiger partial charge < -0.3 is 0 Å². The summed E-state index contributed by atoms with van der Waals surface area (Å²) in [6.45, 7) is 16.9. The fourth-order valence-electron chi connectivity index (χ4n) is 20.6. The van der Waals surface area contributed by atoms with E-state index < -0.39 is 0 Å². The lowest BCUT2D eigenvalue weighted by atomic mass is 9.90. The smallest absolute Gasteiger partial charge is 0.261 e. The molecule has 578 valence electrons. The maximum atomic E-state index is 14.7. The van der Waals surface area contributed by atoms with Crippen molar-refractivity contribution in [2.45, 2.75) is 55.4 Å². The van der Waals surface area contributed by atoms with E-state index in [2.05, 4.69) is 0 Å². The second kappa shape index (κ2) is 24.0. The van der Waals surface area contributed by atoms with Crippen LogP contribution < -0.4 is 0 Å². The molecule has 0 N–H and O–H groups in total. The molecule has 0 unspecified atom stereocenters. The molecule has 25 rings (SSSR count). The van der Waals surface area contributed by atoms with Crippen LogP contribution in [-0.2, 0) is 0 Å². The van der Waals surface area contributed by atoms with Gasteiger partial charge in [-0.05, 0) is 95.5 Å². The second-order valence-electron chi connectivity index (χ2n) is 34.6. The molecule has 0 bridgehead atoms. The van der Waals surface area contributed by atoms with E-state index in [1.54, 1.807) is 48.5 Å². The van der Waals surface area contributed by atoms with E-state index in [1.165, 1.54) is 30.9 Å². The third-order valence-corrected chi connectivity index (χ3v) is 26.5. The van der Waals surface area contributed by atoms with Gasteiger partial charge in [0.05, 0.1) is 45.6 Å². The maximum absolute atomic E-state index is 14.7. The minimum absolute atomic E-state index is 0.0179. The molecule has 5 aromatic heterocycles. The Morgan fingerprint density at radius 2 is 0.380 bits per heavy atom. The van der Waals surface area contributed by atoms with Crippen molar-refractivity contribution in [2.24, 2.45) is 23.7 Å². The number of carbonyl (C=O) groups is 8. The van der Waals surface area contributed by atoms with Gasteiger partial charge in [-0.2, -0.15) is 0 Å². The Morgan fingerprint density at radius 3 is 0.562 bits per heavy atom. The highest BCUT2D eigenvalue weighted by atomic mass is 32.1. The van der Waals surface area contributed by atoms with Crippen molar-refractivity contribution in [3.8, 4) is 133 Å². The van der Waals surface area contributed by atoms with Crippen molar-refractivity contribution < 1.29 is 38.4 Å². The van der Waals surface area contributed by atoms with Crippen molar-refractivity contribution in [2.75, 3.05) is 26.2 Å². The number of amides is 8. The third-order valence-electron chi connectivity index (χ3n) is 25.4. The van der Waals surface area contributed by atoms with Crippen molar-refractivity contribution >= 4 is 146 Å².